The fourth-order valence-corrected chi connectivity index (χ4v) is 2.21. The van der Waals surface area contributed by atoms with Crippen LogP contribution in [0, 0.1) is 0 Å². The summed E-state index contributed by atoms with van der Waals surface area (Å²) >= 11 is 0. The maximum Gasteiger partial charge on any atom is 0.242 e. The van der Waals surface area contributed by atoms with Crippen LogP contribution in [-0.4, -0.2) is 54.2 Å². The second kappa shape index (κ2) is 4.61. The lowest BCUT2D eigenvalue weighted by Crippen LogP contribution is -2.58. The summed E-state index contributed by atoms with van der Waals surface area (Å²) in [4.78, 5) is 12.8. The minimum atomic E-state index is 0.100. The molecule has 0 saturated carbocycles. The highest BCUT2D eigenvalue weighted by atomic mass is 16.5. The molecule has 0 spiro atoms. The molecule has 0 atom stereocenters. The van der Waals surface area contributed by atoms with Gasteiger partial charge < -0.3 is 15.4 Å². The lowest BCUT2D eigenvalue weighted by atomic mass is 10.00. The number of nitrogen functional groups attached to an aromatic ring is 1. The summed E-state index contributed by atoms with van der Waals surface area (Å²) < 4.78 is 5.14. The minimum absolute atomic E-state index is 0.100. The van der Waals surface area contributed by atoms with E-state index in [9.17, 15) is 0 Å². The third-order valence-corrected chi connectivity index (χ3v) is 3.64. The van der Waals surface area contributed by atoms with Gasteiger partial charge in [-0.25, -0.2) is 4.98 Å². The molecule has 2 heterocycles. The number of hydrogen-bond acceptors (Lipinski definition) is 6. The van der Waals surface area contributed by atoms with Crippen molar-refractivity contribution in [2.75, 3.05) is 44.4 Å². The fourth-order valence-electron chi connectivity index (χ4n) is 2.21. The number of nitrogens with two attached hydrogens (primary N) is 1. The van der Waals surface area contributed by atoms with E-state index in [2.05, 4.69) is 40.7 Å². The van der Waals surface area contributed by atoms with Crippen molar-refractivity contribution in [3.63, 3.8) is 0 Å². The van der Waals surface area contributed by atoms with Gasteiger partial charge in [0.1, 0.15) is 12.0 Å². The van der Waals surface area contributed by atoms with Crippen LogP contribution in [0.4, 0.5) is 11.5 Å². The van der Waals surface area contributed by atoms with Gasteiger partial charge in [0.15, 0.2) is 5.82 Å². The first-order valence-electron chi connectivity index (χ1n) is 6.06. The highest BCUT2D eigenvalue weighted by molar-refractivity contribution is 5.68. The largest absolute Gasteiger partial charge is 0.479 e. The normalized spacial score (nSPS) is 19.9. The van der Waals surface area contributed by atoms with Crippen LogP contribution in [0.1, 0.15) is 13.8 Å². The molecular formula is C12H21N5O. The molecule has 1 aromatic heterocycles. The summed E-state index contributed by atoms with van der Waals surface area (Å²) in [5, 5.41) is 0. The molecule has 18 heavy (non-hydrogen) atoms. The zero-order valence-electron chi connectivity index (χ0n) is 11.5. The molecule has 0 aliphatic carbocycles. The first-order valence-corrected chi connectivity index (χ1v) is 6.06. The number of ether oxygens (including phenoxy) is 1. The van der Waals surface area contributed by atoms with Gasteiger partial charge in [-0.2, -0.15) is 4.98 Å². The van der Waals surface area contributed by atoms with Crippen LogP contribution in [0.15, 0.2) is 6.33 Å². The van der Waals surface area contributed by atoms with E-state index in [1.807, 2.05) is 0 Å². The molecule has 2 rings (SSSR count). The molecule has 1 aliphatic rings. The standard InChI is InChI=1S/C12H21N5O/c1-12(2)7-17(6-5-16(12)3)10-9(13)11(18-4)15-8-14-10/h8H,5-7,13H2,1-4H3. The van der Waals surface area contributed by atoms with E-state index in [1.165, 1.54) is 6.33 Å². The monoisotopic (exact) mass is 251 g/mol. The Balaban J connectivity index is 2.28. The number of likely N-dealkylation sites (N-methyl/N-ethyl adjacent to an activating group) is 1. The third kappa shape index (κ3) is 2.20. The van der Waals surface area contributed by atoms with Crippen molar-refractivity contribution in [3.8, 4) is 5.88 Å². The van der Waals surface area contributed by atoms with Gasteiger partial charge in [0.05, 0.1) is 7.11 Å². The molecule has 2 N–H and O–H groups in total. The number of methoxy groups -OCH3 is 1. The smallest absolute Gasteiger partial charge is 0.242 e. The van der Waals surface area contributed by atoms with Crippen LogP contribution < -0.4 is 15.4 Å². The van der Waals surface area contributed by atoms with Crippen molar-refractivity contribution in [2.24, 2.45) is 0 Å². The van der Waals surface area contributed by atoms with Crippen LogP contribution in [0.5, 0.6) is 5.88 Å². The summed E-state index contributed by atoms with van der Waals surface area (Å²) in [5.74, 6) is 1.21. The van der Waals surface area contributed by atoms with E-state index in [1.54, 1.807) is 7.11 Å². The van der Waals surface area contributed by atoms with Crippen molar-refractivity contribution in [3.05, 3.63) is 6.33 Å². The van der Waals surface area contributed by atoms with E-state index in [-0.39, 0.29) is 5.54 Å². The van der Waals surface area contributed by atoms with E-state index >= 15 is 0 Å². The second-order valence-corrected chi connectivity index (χ2v) is 5.28. The van der Waals surface area contributed by atoms with Gasteiger partial charge in [-0.1, -0.05) is 0 Å². The molecule has 0 unspecified atom stereocenters. The number of rotatable bonds is 2. The van der Waals surface area contributed by atoms with E-state index in [0.29, 0.717) is 11.6 Å². The Labute approximate surface area is 108 Å². The average molecular weight is 251 g/mol. The van der Waals surface area contributed by atoms with Gasteiger partial charge in [0, 0.05) is 25.2 Å². The number of aromatic nitrogens is 2. The van der Waals surface area contributed by atoms with Crippen LogP contribution in [0.3, 0.4) is 0 Å². The number of nitrogens with zero attached hydrogens (tertiary/aromatic N) is 4. The van der Waals surface area contributed by atoms with Gasteiger partial charge in [-0.05, 0) is 20.9 Å². The Hall–Kier alpha value is -1.56. The Kier molecular flexibility index (Phi) is 3.30. The SMILES string of the molecule is COc1ncnc(N2CCN(C)C(C)(C)C2)c1N. The van der Waals surface area contributed by atoms with Gasteiger partial charge in [-0.15, -0.1) is 0 Å². The average Bonchev–Trinajstić information content (AvgIpc) is 2.33. The molecular weight excluding hydrogens is 230 g/mol. The van der Waals surface area contributed by atoms with Crippen LogP contribution in [0.25, 0.3) is 0 Å². The fraction of sp³-hybridized carbons (Fsp3) is 0.667. The maximum absolute atomic E-state index is 6.04. The molecule has 1 saturated heterocycles. The van der Waals surface area contributed by atoms with Gasteiger partial charge in [0.2, 0.25) is 5.88 Å². The molecule has 0 amide bonds. The number of anilines is 2. The summed E-state index contributed by atoms with van der Waals surface area (Å²) in [6.45, 7) is 7.21. The lowest BCUT2D eigenvalue weighted by molar-refractivity contribution is 0.138. The van der Waals surface area contributed by atoms with E-state index in [4.69, 9.17) is 10.5 Å². The predicted octanol–water partition coefficient (Wildman–Crippen LogP) is 0.598. The van der Waals surface area contributed by atoms with Gasteiger partial charge in [-0.3, -0.25) is 4.90 Å². The quantitative estimate of drug-likeness (QED) is 0.830. The summed E-state index contributed by atoms with van der Waals surface area (Å²) in [6.07, 6.45) is 1.50. The second-order valence-electron chi connectivity index (χ2n) is 5.28. The zero-order valence-corrected chi connectivity index (χ0v) is 11.5. The van der Waals surface area contributed by atoms with Crippen LogP contribution in [0.2, 0.25) is 0 Å². The van der Waals surface area contributed by atoms with Crippen molar-refractivity contribution in [2.45, 2.75) is 19.4 Å². The number of piperazine rings is 1. The third-order valence-electron chi connectivity index (χ3n) is 3.64. The summed E-state index contributed by atoms with van der Waals surface area (Å²) in [5.41, 5.74) is 6.66. The van der Waals surface area contributed by atoms with Gasteiger partial charge in [0.25, 0.3) is 0 Å². The molecule has 0 radical (unpaired) electrons. The van der Waals surface area contributed by atoms with Crippen molar-refractivity contribution >= 4 is 11.5 Å². The molecule has 0 aromatic carbocycles. The Morgan fingerprint density at radius 1 is 1.33 bits per heavy atom. The number of hydrogen-bond donors (Lipinski definition) is 1. The van der Waals surface area contributed by atoms with Crippen molar-refractivity contribution in [1.29, 1.82) is 0 Å². The maximum atomic E-state index is 6.04. The van der Waals surface area contributed by atoms with Crippen LogP contribution >= 0.6 is 0 Å². The molecule has 1 aliphatic heterocycles. The highest BCUT2D eigenvalue weighted by Crippen LogP contribution is 2.30. The van der Waals surface area contributed by atoms with Crippen molar-refractivity contribution < 1.29 is 4.74 Å². The Morgan fingerprint density at radius 2 is 2.06 bits per heavy atom. The Morgan fingerprint density at radius 3 is 2.67 bits per heavy atom. The lowest BCUT2D eigenvalue weighted by Gasteiger charge is -2.45. The molecule has 6 nitrogen and oxygen atoms in total. The summed E-state index contributed by atoms with van der Waals surface area (Å²) in [6, 6.07) is 0. The first-order chi connectivity index (χ1) is 8.45. The Bertz CT molecular complexity index is 434. The molecule has 100 valence electrons. The minimum Gasteiger partial charge on any atom is -0.479 e. The van der Waals surface area contributed by atoms with Crippen LogP contribution in [-0.2, 0) is 0 Å². The highest BCUT2D eigenvalue weighted by Gasteiger charge is 2.32. The summed E-state index contributed by atoms with van der Waals surface area (Å²) in [7, 11) is 3.71. The predicted molar refractivity (Wildman–Crippen MR) is 71.9 cm³/mol. The van der Waals surface area contributed by atoms with Gasteiger partial charge >= 0.3 is 0 Å². The molecule has 1 fully saturated rings. The van der Waals surface area contributed by atoms with E-state index < -0.39 is 0 Å². The first kappa shape index (κ1) is 12.9. The molecule has 6 heteroatoms. The van der Waals surface area contributed by atoms with Crippen molar-refractivity contribution in [1.82, 2.24) is 14.9 Å². The topological polar surface area (TPSA) is 67.5 Å². The zero-order chi connectivity index (χ0) is 13.3. The molecule has 1 aromatic rings. The molecule has 0 bridgehead atoms. The van der Waals surface area contributed by atoms with E-state index in [0.717, 1.165) is 25.5 Å².